The van der Waals surface area contributed by atoms with E-state index in [0.29, 0.717) is 31.2 Å². The highest BCUT2D eigenvalue weighted by atomic mass is 16.5. The summed E-state index contributed by atoms with van der Waals surface area (Å²) in [5.41, 5.74) is 1.08. The van der Waals surface area contributed by atoms with Crippen molar-refractivity contribution in [2.24, 2.45) is 0 Å². The molecule has 1 saturated heterocycles. The van der Waals surface area contributed by atoms with E-state index in [1.165, 1.54) is 0 Å². The first-order valence-corrected chi connectivity index (χ1v) is 11.3. The van der Waals surface area contributed by atoms with Crippen molar-refractivity contribution in [3.05, 3.63) is 48.0 Å². The molecule has 2 aromatic rings. The molecule has 0 amide bonds. The molecule has 33 heavy (non-hydrogen) atoms. The second-order valence-electron chi connectivity index (χ2n) is 8.13. The van der Waals surface area contributed by atoms with Gasteiger partial charge in [-0.15, -0.1) is 0 Å². The second kappa shape index (κ2) is 13.3. The summed E-state index contributed by atoms with van der Waals surface area (Å²) in [6.45, 7) is 6.29. The number of methoxy groups -OCH3 is 2. The Bertz CT molecular complexity index is 843. The van der Waals surface area contributed by atoms with Gasteiger partial charge in [-0.05, 0) is 36.9 Å². The summed E-state index contributed by atoms with van der Waals surface area (Å²) in [5.74, 6) is 2.85. The van der Waals surface area contributed by atoms with Gasteiger partial charge in [0.15, 0.2) is 11.5 Å². The smallest absolute Gasteiger partial charge is 0.161 e. The molecule has 0 bridgehead atoms. The Morgan fingerprint density at radius 2 is 1.79 bits per heavy atom. The molecular weight excluding hydrogens is 424 g/mol. The van der Waals surface area contributed by atoms with E-state index in [-0.39, 0.29) is 6.61 Å². The first-order chi connectivity index (χ1) is 16.1. The number of morpholine rings is 1. The average Bonchev–Trinajstić information content (AvgIpc) is 2.84. The number of hydrogen-bond acceptors (Lipinski definition) is 8. The van der Waals surface area contributed by atoms with Crippen LogP contribution in [0.2, 0.25) is 0 Å². The predicted octanol–water partition coefficient (Wildman–Crippen LogP) is 2.29. The highest BCUT2D eigenvalue weighted by Crippen LogP contribution is 2.28. The van der Waals surface area contributed by atoms with Crippen LogP contribution in [0.4, 0.5) is 0 Å². The van der Waals surface area contributed by atoms with Gasteiger partial charge in [-0.1, -0.05) is 12.1 Å². The lowest BCUT2D eigenvalue weighted by Crippen LogP contribution is -2.38. The third-order valence-corrected chi connectivity index (χ3v) is 5.46. The normalized spacial score (nSPS) is 15.3. The summed E-state index contributed by atoms with van der Waals surface area (Å²) in [5, 5.41) is 10.4. The number of benzene rings is 2. The van der Waals surface area contributed by atoms with Crippen LogP contribution in [-0.4, -0.2) is 94.9 Å². The highest BCUT2D eigenvalue weighted by molar-refractivity contribution is 5.43. The van der Waals surface area contributed by atoms with E-state index >= 15 is 0 Å². The van der Waals surface area contributed by atoms with Crippen LogP contribution in [0.5, 0.6) is 23.0 Å². The van der Waals surface area contributed by atoms with Gasteiger partial charge in [-0.25, -0.2) is 0 Å². The van der Waals surface area contributed by atoms with Crippen LogP contribution in [0.25, 0.3) is 0 Å². The lowest BCUT2D eigenvalue weighted by atomic mass is 10.2. The van der Waals surface area contributed by atoms with Gasteiger partial charge in [0.05, 0.1) is 27.4 Å². The summed E-state index contributed by atoms with van der Waals surface area (Å²) in [4.78, 5) is 4.38. The number of aliphatic hydroxyl groups excluding tert-OH is 1. The van der Waals surface area contributed by atoms with E-state index in [2.05, 4.69) is 4.90 Å². The Morgan fingerprint density at radius 1 is 1.00 bits per heavy atom. The zero-order valence-electron chi connectivity index (χ0n) is 19.9. The fraction of sp³-hybridized carbons (Fsp3) is 0.520. The number of likely N-dealkylation sites (N-methyl/N-ethyl adjacent to an activating group) is 1. The van der Waals surface area contributed by atoms with E-state index in [4.69, 9.17) is 23.7 Å². The van der Waals surface area contributed by atoms with E-state index in [1.54, 1.807) is 20.3 Å². The summed E-state index contributed by atoms with van der Waals surface area (Å²) in [6.07, 6.45) is -0.620. The molecule has 1 aliphatic heterocycles. The van der Waals surface area contributed by atoms with Crippen LogP contribution >= 0.6 is 0 Å². The van der Waals surface area contributed by atoms with Crippen molar-refractivity contribution >= 4 is 0 Å². The van der Waals surface area contributed by atoms with Gasteiger partial charge >= 0.3 is 0 Å². The standard InChI is InChI=1S/C25H36N2O6/c1-26(18-21(28)19-33-23-6-4-5-22(16-23)29-2)17-20-7-8-24(25(15-20)30-3)32-14-11-27-9-12-31-13-10-27/h4-8,15-16,21,28H,9-14,17-19H2,1-3H3/t21-/m1/s1. The Morgan fingerprint density at radius 3 is 2.55 bits per heavy atom. The lowest BCUT2D eigenvalue weighted by molar-refractivity contribution is 0.0321. The molecule has 0 spiro atoms. The monoisotopic (exact) mass is 460 g/mol. The van der Waals surface area contributed by atoms with Crippen LogP contribution in [0.1, 0.15) is 5.56 Å². The number of aliphatic hydroxyl groups is 1. The molecule has 0 unspecified atom stereocenters. The van der Waals surface area contributed by atoms with E-state index in [0.717, 1.165) is 49.9 Å². The van der Waals surface area contributed by atoms with Crippen molar-refractivity contribution < 1.29 is 28.8 Å². The van der Waals surface area contributed by atoms with Gasteiger partial charge < -0.3 is 28.8 Å². The Kier molecular flexibility index (Phi) is 10.1. The summed E-state index contributed by atoms with van der Waals surface area (Å²) < 4.78 is 27.8. The van der Waals surface area contributed by atoms with Gasteiger partial charge in [0.1, 0.15) is 30.8 Å². The minimum atomic E-state index is -0.620. The fourth-order valence-electron chi connectivity index (χ4n) is 3.71. The SMILES string of the molecule is COc1cccc(OC[C@H](O)CN(C)Cc2ccc(OCCN3CCOCC3)c(OC)c2)c1. The molecule has 1 fully saturated rings. The zero-order chi connectivity index (χ0) is 23.5. The van der Waals surface area contributed by atoms with Gasteiger partial charge in [0, 0.05) is 38.8 Å². The van der Waals surface area contributed by atoms with Crippen molar-refractivity contribution in [2.45, 2.75) is 12.6 Å². The van der Waals surface area contributed by atoms with Gasteiger partial charge in [0.2, 0.25) is 0 Å². The maximum absolute atomic E-state index is 10.4. The van der Waals surface area contributed by atoms with Crippen molar-refractivity contribution in [1.29, 1.82) is 0 Å². The minimum Gasteiger partial charge on any atom is -0.497 e. The Balaban J connectivity index is 1.43. The molecule has 1 atom stereocenters. The van der Waals surface area contributed by atoms with Crippen molar-refractivity contribution in [3.63, 3.8) is 0 Å². The number of ether oxygens (including phenoxy) is 5. The minimum absolute atomic E-state index is 0.205. The van der Waals surface area contributed by atoms with Crippen LogP contribution in [0, 0.1) is 0 Å². The molecule has 8 heteroatoms. The molecule has 2 aromatic carbocycles. The molecule has 1 N–H and O–H groups in total. The van der Waals surface area contributed by atoms with E-state index in [1.807, 2.05) is 48.3 Å². The van der Waals surface area contributed by atoms with Gasteiger partial charge in [0.25, 0.3) is 0 Å². The largest absolute Gasteiger partial charge is 0.497 e. The highest BCUT2D eigenvalue weighted by Gasteiger charge is 2.13. The zero-order valence-corrected chi connectivity index (χ0v) is 19.9. The van der Waals surface area contributed by atoms with E-state index < -0.39 is 6.10 Å². The average molecular weight is 461 g/mol. The second-order valence-corrected chi connectivity index (χ2v) is 8.13. The van der Waals surface area contributed by atoms with Crippen molar-refractivity contribution in [2.75, 3.05) is 73.9 Å². The maximum Gasteiger partial charge on any atom is 0.161 e. The van der Waals surface area contributed by atoms with Gasteiger partial charge in [-0.2, -0.15) is 0 Å². The first kappa shape index (κ1) is 25.1. The Hall–Kier alpha value is -2.52. The third-order valence-electron chi connectivity index (χ3n) is 5.46. The van der Waals surface area contributed by atoms with Gasteiger partial charge in [-0.3, -0.25) is 9.80 Å². The molecule has 8 nitrogen and oxygen atoms in total. The summed E-state index contributed by atoms with van der Waals surface area (Å²) >= 11 is 0. The molecule has 182 valence electrons. The summed E-state index contributed by atoms with van der Waals surface area (Å²) in [7, 11) is 5.23. The first-order valence-electron chi connectivity index (χ1n) is 11.3. The molecule has 1 aliphatic rings. The molecule has 0 saturated carbocycles. The predicted molar refractivity (Wildman–Crippen MR) is 127 cm³/mol. The van der Waals surface area contributed by atoms with E-state index in [9.17, 15) is 5.11 Å². The summed E-state index contributed by atoms with van der Waals surface area (Å²) in [6, 6.07) is 13.3. The number of rotatable bonds is 13. The molecular formula is C25H36N2O6. The molecule has 0 aliphatic carbocycles. The van der Waals surface area contributed by atoms with Crippen LogP contribution < -0.4 is 18.9 Å². The van der Waals surface area contributed by atoms with Crippen LogP contribution in [-0.2, 0) is 11.3 Å². The van der Waals surface area contributed by atoms with Crippen LogP contribution in [0.3, 0.4) is 0 Å². The Labute approximate surface area is 196 Å². The van der Waals surface area contributed by atoms with Crippen molar-refractivity contribution in [1.82, 2.24) is 9.80 Å². The molecule has 3 rings (SSSR count). The fourth-order valence-corrected chi connectivity index (χ4v) is 3.71. The number of nitrogens with zero attached hydrogens (tertiary/aromatic N) is 2. The molecule has 0 radical (unpaired) electrons. The molecule has 1 heterocycles. The van der Waals surface area contributed by atoms with Crippen molar-refractivity contribution in [3.8, 4) is 23.0 Å². The lowest BCUT2D eigenvalue weighted by Gasteiger charge is -2.26. The number of hydrogen-bond donors (Lipinski definition) is 1. The quantitative estimate of drug-likeness (QED) is 0.488. The third kappa shape index (κ3) is 8.40. The maximum atomic E-state index is 10.4. The van der Waals surface area contributed by atoms with Crippen LogP contribution in [0.15, 0.2) is 42.5 Å². The molecule has 0 aromatic heterocycles. The topological polar surface area (TPSA) is 72.9 Å².